The lowest BCUT2D eigenvalue weighted by Gasteiger charge is -2.13. The molecule has 0 aliphatic rings. The highest BCUT2D eigenvalue weighted by Crippen LogP contribution is 2.18. The van der Waals surface area contributed by atoms with Crippen molar-refractivity contribution in [3.05, 3.63) is 70.2 Å². The highest BCUT2D eigenvalue weighted by molar-refractivity contribution is 9.10. The summed E-state index contributed by atoms with van der Waals surface area (Å²) in [6.45, 7) is 1.82. The first-order valence-corrected chi connectivity index (χ1v) is 8.83. The molecule has 2 aromatic rings. The van der Waals surface area contributed by atoms with Crippen molar-refractivity contribution < 1.29 is 19.1 Å². The third kappa shape index (κ3) is 5.74. The number of para-hydroxylation sites is 1. The van der Waals surface area contributed by atoms with Crippen LogP contribution in [0.2, 0.25) is 0 Å². The normalized spacial score (nSPS) is 11.8. The van der Waals surface area contributed by atoms with Crippen molar-refractivity contribution in [2.24, 2.45) is 0 Å². The minimum Gasteiger partial charge on any atom is -0.496 e. The number of carbonyl (C=O) groups excluding carboxylic acids is 2. The van der Waals surface area contributed by atoms with E-state index >= 15 is 0 Å². The minimum atomic E-state index is -0.902. The summed E-state index contributed by atoms with van der Waals surface area (Å²) >= 11 is 3.40. The summed E-state index contributed by atoms with van der Waals surface area (Å²) in [5.41, 5.74) is 1.69. The second kappa shape index (κ2) is 9.77. The Balaban J connectivity index is 1.86. The third-order valence-electron chi connectivity index (χ3n) is 3.61. The average Bonchev–Trinajstić information content (AvgIpc) is 2.65. The van der Waals surface area contributed by atoms with E-state index in [1.54, 1.807) is 13.2 Å². The Morgan fingerprint density at radius 2 is 1.85 bits per heavy atom. The predicted molar refractivity (Wildman–Crippen MR) is 104 cm³/mol. The lowest BCUT2D eigenvalue weighted by atomic mass is 10.2. The van der Waals surface area contributed by atoms with Crippen molar-refractivity contribution in [1.29, 1.82) is 0 Å². The predicted octanol–water partition coefficient (Wildman–Crippen LogP) is 3.72. The molecule has 0 saturated carbocycles. The fourth-order valence-electron chi connectivity index (χ4n) is 2.21. The maximum absolute atomic E-state index is 12.1. The van der Waals surface area contributed by atoms with Crippen LogP contribution in [0.4, 0.5) is 0 Å². The minimum absolute atomic E-state index is 0.289. The van der Waals surface area contributed by atoms with Gasteiger partial charge in [0, 0.05) is 22.7 Å². The van der Waals surface area contributed by atoms with E-state index in [0.29, 0.717) is 5.75 Å². The number of methoxy groups -OCH3 is 1. The molecule has 1 atom stereocenters. The second-order valence-electron chi connectivity index (χ2n) is 5.46. The van der Waals surface area contributed by atoms with Crippen LogP contribution in [0, 0.1) is 0 Å². The standard InChI is InChI=1S/C20H20BrNO4/c1-14(20(24)22-13-16-8-4-6-10-18(16)25-2)26-19(23)12-11-15-7-3-5-9-17(15)21/h3-12,14H,13H2,1-2H3,(H,22,24)/b12-11+/t14-/m1/s1. The first kappa shape index (κ1) is 19.7. The molecule has 0 saturated heterocycles. The molecule has 0 bridgehead atoms. The van der Waals surface area contributed by atoms with Crippen LogP contribution in [0.25, 0.3) is 6.08 Å². The van der Waals surface area contributed by atoms with Crippen molar-refractivity contribution in [2.75, 3.05) is 7.11 Å². The molecule has 26 heavy (non-hydrogen) atoms. The topological polar surface area (TPSA) is 64.6 Å². The summed E-state index contributed by atoms with van der Waals surface area (Å²) in [6.07, 6.45) is 2.02. The Morgan fingerprint density at radius 3 is 2.58 bits per heavy atom. The molecule has 2 rings (SSSR count). The average molecular weight is 418 g/mol. The number of hydrogen-bond donors (Lipinski definition) is 1. The van der Waals surface area contributed by atoms with Gasteiger partial charge in [0.1, 0.15) is 5.75 Å². The molecule has 0 radical (unpaired) electrons. The SMILES string of the molecule is COc1ccccc1CNC(=O)[C@@H](C)OC(=O)/C=C/c1ccccc1Br. The number of carbonyl (C=O) groups is 2. The molecule has 6 heteroatoms. The molecule has 1 amide bonds. The van der Waals surface area contributed by atoms with Crippen LogP contribution in [0.5, 0.6) is 5.75 Å². The van der Waals surface area contributed by atoms with Crippen LogP contribution in [0.3, 0.4) is 0 Å². The fraction of sp³-hybridized carbons (Fsp3) is 0.200. The van der Waals surface area contributed by atoms with E-state index in [-0.39, 0.29) is 12.5 Å². The summed E-state index contributed by atoms with van der Waals surface area (Å²) in [4.78, 5) is 24.0. The van der Waals surface area contributed by atoms with Gasteiger partial charge in [0.05, 0.1) is 7.11 Å². The van der Waals surface area contributed by atoms with Crippen molar-refractivity contribution in [3.8, 4) is 5.75 Å². The Morgan fingerprint density at radius 1 is 1.15 bits per heavy atom. The van der Waals surface area contributed by atoms with Crippen LogP contribution in [-0.4, -0.2) is 25.1 Å². The Kier molecular flexibility index (Phi) is 7.41. The number of esters is 1. The quantitative estimate of drug-likeness (QED) is 0.550. The smallest absolute Gasteiger partial charge is 0.331 e. The maximum atomic E-state index is 12.1. The summed E-state index contributed by atoms with van der Waals surface area (Å²) < 4.78 is 11.2. The zero-order valence-electron chi connectivity index (χ0n) is 14.6. The number of halogens is 1. The van der Waals surface area contributed by atoms with Crippen LogP contribution in [0.1, 0.15) is 18.1 Å². The molecule has 0 aromatic heterocycles. The molecule has 1 N–H and O–H groups in total. The van der Waals surface area contributed by atoms with E-state index in [4.69, 9.17) is 9.47 Å². The van der Waals surface area contributed by atoms with E-state index in [0.717, 1.165) is 15.6 Å². The fourth-order valence-corrected chi connectivity index (χ4v) is 2.63. The van der Waals surface area contributed by atoms with Crippen molar-refractivity contribution in [3.63, 3.8) is 0 Å². The summed E-state index contributed by atoms with van der Waals surface area (Å²) in [7, 11) is 1.57. The van der Waals surface area contributed by atoms with E-state index in [1.165, 1.54) is 13.0 Å². The van der Waals surface area contributed by atoms with Crippen LogP contribution >= 0.6 is 15.9 Å². The number of rotatable bonds is 7. The number of ether oxygens (including phenoxy) is 2. The molecule has 0 aliphatic carbocycles. The lowest BCUT2D eigenvalue weighted by molar-refractivity contribution is -0.150. The summed E-state index contributed by atoms with van der Waals surface area (Å²) in [5.74, 6) is -0.270. The Hall–Kier alpha value is -2.60. The molecule has 0 spiro atoms. The Labute approximate surface area is 161 Å². The van der Waals surface area contributed by atoms with Crippen molar-refractivity contribution in [1.82, 2.24) is 5.32 Å². The van der Waals surface area contributed by atoms with E-state index in [2.05, 4.69) is 21.2 Å². The molecular formula is C20H20BrNO4. The number of amides is 1. The van der Waals surface area contributed by atoms with Gasteiger partial charge in [0.25, 0.3) is 5.91 Å². The summed E-state index contributed by atoms with van der Waals surface area (Å²) in [6, 6.07) is 14.9. The molecule has 0 unspecified atom stereocenters. The van der Waals surface area contributed by atoms with Gasteiger partial charge in [-0.05, 0) is 30.7 Å². The van der Waals surface area contributed by atoms with Crippen molar-refractivity contribution >= 4 is 33.9 Å². The first-order chi connectivity index (χ1) is 12.5. The van der Waals surface area contributed by atoms with Crippen LogP contribution in [-0.2, 0) is 20.9 Å². The molecule has 0 heterocycles. The summed E-state index contributed by atoms with van der Waals surface area (Å²) in [5, 5.41) is 2.73. The van der Waals surface area contributed by atoms with Gasteiger partial charge in [-0.1, -0.05) is 52.3 Å². The Bertz CT molecular complexity index is 804. The van der Waals surface area contributed by atoms with E-state index in [9.17, 15) is 9.59 Å². The molecule has 2 aromatic carbocycles. The maximum Gasteiger partial charge on any atom is 0.331 e. The molecular weight excluding hydrogens is 398 g/mol. The van der Waals surface area contributed by atoms with Gasteiger partial charge < -0.3 is 14.8 Å². The molecule has 136 valence electrons. The van der Waals surface area contributed by atoms with Gasteiger partial charge in [-0.25, -0.2) is 4.79 Å². The number of benzene rings is 2. The number of nitrogens with one attached hydrogen (secondary N) is 1. The van der Waals surface area contributed by atoms with Gasteiger partial charge >= 0.3 is 5.97 Å². The van der Waals surface area contributed by atoms with Gasteiger partial charge in [0.2, 0.25) is 0 Å². The van der Waals surface area contributed by atoms with Gasteiger partial charge in [-0.15, -0.1) is 0 Å². The van der Waals surface area contributed by atoms with Crippen LogP contribution < -0.4 is 10.1 Å². The van der Waals surface area contributed by atoms with Gasteiger partial charge in [-0.3, -0.25) is 4.79 Å². The third-order valence-corrected chi connectivity index (χ3v) is 4.33. The second-order valence-corrected chi connectivity index (χ2v) is 6.32. The molecule has 0 fully saturated rings. The van der Waals surface area contributed by atoms with Gasteiger partial charge in [0.15, 0.2) is 6.10 Å². The largest absolute Gasteiger partial charge is 0.496 e. The highest BCUT2D eigenvalue weighted by Gasteiger charge is 2.16. The lowest BCUT2D eigenvalue weighted by Crippen LogP contribution is -2.35. The molecule has 5 nitrogen and oxygen atoms in total. The van der Waals surface area contributed by atoms with E-state index < -0.39 is 12.1 Å². The monoisotopic (exact) mass is 417 g/mol. The highest BCUT2D eigenvalue weighted by atomic mass is 79.9. The zero-order chi connectivity index (χ0) is 18.9. The number of hydrogen-bond acceptors (Lipinski definition) is 4. The van der Waals surface area contributed by atoms with Gasteiger partial charge in [-0.2, -0.15) is 0 Å². The molecule has 0 aliphatic heterocycles. The van der Waals surface area contributed by atoms with Crippen molar-refractivity contribution in [2.45, 2.75) is 19.6 Å². The first-order valence-electron chi connectivity index (χ1n) is 8.04. The van der Waals surface area contributed by atoms with Crippen LogP contribution in [0.15, 0.2) is 59.1 Å². The van der Waals surface area contributed by atoms with E-state index in [1.807, 2.05) is 48.5 Å². The zero-order valence-corrected chi connectivity index (χ0v) is 16.2.